The van der Waals surface area contributed by atoms with Crippen molar-refractivity contribution in [1.29, 1.82) is 0 Å². The van der Waals surface area contributed by atoms with Crippen molar-refractivity contribution < 1.29 is 24.2 Å². The van der Waals surface area contributed by atoms with E-state index in [-0.39, 0.29) is 24.8 Å². The summed E-state index contributed by atoms with van der Waals surface area (Å²) >= 11 is 0. The molecule has 2 aromatic carbocycles. The molecule has 0 spiro atoms. The van der Waals surface area contributed by atoms with Crippen molar-refractivity contribution in [2.45, 2.75) is 50.5 Å². The Balaban J connectivity index is 1.41. The molecule has 1 aliphatic heterocycles. The summed E-state index contributed by atoms with van der Waals surface area (Å²) < 4.78 is 4.72. The van der Waals surface area contributed by atoms with Gasteiger partial charge in [0.15, 0.2) is 0 Å². The molecule has 2 aliphatic rings. The van der Waals surface area contributed by atoms with Crippen LogP contribution >= 0.6 is 0 Å². The summed E-state index contributed by atoms with van der Waals surface area (Å²) in [6, 6.07) is 15.0. The maximum Gasteiger partial charge on any atom is 0.506 e. The summed E-state index contributed by atoms with van der Waals surface area (Å²) in [5.41, 5.74) is 3.31. The first-order chi connectivity index (χ1) is 15.4. The first-order valence-corrected chi connectivity index (χ1v) is 11.1. The fraction of sp³-hybridized carbons (Fsp3) is 0.400. The zero-order valence-electron chi connectivity index (χ0n) is 18.2. The minimum atomic E-state index is -1.38. The van der Waals surface area contributed by atoms with Gasteiger partial charge in [-0.05, 0) is 60.7 Å². The van der Waals surface area contributed by atoms with Gasteiger partial charge in [-0.3, -0.25) is 9.59 Å². The number of carboxylic acid groups (broad SMARTS) is 1. The number of anilines is 2. The molecule has 7 heteroatoms. The minimum absolute atomic E-state index is 0.0310. The first-order valence-electron chi connectivity index (χ1n) is 11.1. The summed E-state index contributed by atoms with van der Waals surface area (Å²) in [4.78, 5) is 39.0. The van der Waals surface area contributed by atoms with E-state index in [1.54, 1.807) is 36.2 Å². The largest absolute Gasteiger partial charge is 0.506 e. The number of rotatable bonds is 5. The molecule has 2 amide bonds. The summed E-state index contributed by atoms with van der Waals surface area (Å²) in [7, 11) is 1.73. The van der Waals surface area contributed by atoms with Crippen molar-refractivity contribution in [3.05, 3.63) is 59.7 Å². The summed E-state index contributed by atoms with van der Waals surface area (Å²) in [5, 5.41) is 8.75. The van der Waals surface area contributed by atoms with E-state index >= 15 is 0 Å². The quantitative estimate of drug-likeness (QED) is 0.680. The van der Waals surface area contributed by atoms with Gasteiger partial charge in [-0.15, -0.1) is 0 Å². The topological polar surface area (TPSA) is 87.2 Å². The average molecular weight is 437 g/mol. The Labute approximate surface area is 187 Å². The van der Waals surface area contributed by atoms with Crippen molar-refractivity contribution in [3.8, 4) is 0 Å². The molecule has 1 saturated heterocycles. The van der Waals surface area contributed by atoms with Crippen LogP contribution < -0.4 is 9.80 Å². The highest BCUT2D eigenvalue weighted by molar-refractivity contribution is 6.06. The molecule has 32 heavy (non-hydrogen) atoms. The van der Waals surface area contributed by atoms with Crippen molar-refractivity contribution in [3.63, 3.8) is 0 Å². The smallest absolute Gasteiger partial charge is 0.450 e. The second-order valence-corrected chi connectivity index (χ2v) is 8.55. The zero-order chi connectivity index (χ0) is 22.7. The maximum atomic E-state index is 13.0. The van der Waals surface area contributed by atoms with Crippen LogP contribution in [0.5, 0.6) is 0 Å². The lowest BCUT2D eigenvalue weighted by Crippen LogP contribution is -2.27. The molecule has 7 nitrogen and oxygen atoms in total. The van der Waals surface area contributed by atoms with E-state index in [1.165, 1.54) is 42.6 Å². The van der Waals surface area contributed by atoms with Crippen molar-refractivity contribution in [1.82, 2.24) is 0 Å². The fourth-order valence-corrected chi connectivity index (χ4v) is 4.65. The Morgan fingerprint density at radius 3 is 2.28 bits per heavy atom. The standard InChI is InChI=1S/C25H28N2O5/c1-26(24(29)19-9-7-18(8-10-19)17-5-3-2-4-6-17)20-11-13-21(14-12-20)27-16-22(15-23(27)28)32-25(30)31/h7-14,17,22H,2-6,15-16H2,1H3,(H,30,31). The van der Waals surface area contributed by atoms with Gasteiger partial charge < -0.3 is 19.6 Å². The van der Waals surface area contributed by atoms with Gasteiger partial charge in [0, 0.05) is 24.0 Å². The van der Waals surface area contributed by atoms with E-state index in [0.29, 0.717) is 22.9 Å². The second kappa shape index (κ2) is 9.42. The van der Waals surface area contributed by atoms with Crippen LogP contribution in [0.25, 0.3) is 0 Å². The first kappa shape index (κ1) is 21.9. The average Bonchev–Trinajstić information content (AvgIpc) is 3.18. The van der Waals surface area contributed by atoms with E-state index in [2.05, 4.69) is 12.1 Å². The third-order valence-corrected chi connectivity index (χ3v) is 6.44. The van der Waals surface area contributed by atoms with Gasteiger partial charge in [-0.25, -0.2) is 4.79 Å². The highest BCUT2D eigenvalue weighted by Gasteiger charge is 2.33. The van der Waals surface area contributed by atoms with Gasteiger partial charge in [0.25, 0.3) is 5.91 Å². The lowest BCUT2D eigenvalue weighted by atomic mass is 9.84. The molecule has 1 saturated carbocycles. The van der Waals surface area contributed by atoms with E-state index in [1.807, 2.05) is 12.1 Å². The number of nitrogens with zero attached hydrogens (tertiary/aromatic N) is 2. The monoisotopic (exact) mass is 436 g/mol. The lowest BCUT2D eigenvalue weighted by molar-refractivity contribution is -0.117. The van der Waals surface area contributed by atoms with Gasteiger partial charge in [-0.2, -0.15) is 0 Å². The summed E-state index contributed by atoms with van der Waals surface area (Å²) in [6.45, 7) is 0.187. The van der Waals surface area contributed by atoms with E-state index in [0.717, 1.165) is 0 Å². The van der Waals surface area contributed by atoms with Gasteiger partial charge in [0.1, 0.15) is 6.10 Å². The third kappa shape index (κ3) is 4.77. The molecular weight excluding hydrogens is 408 g/mol. The Morgan fingerprint density at radius 1 is 1.00 bits per heavy atom. The zero-order valence-corrected chi connectivity index (χ0v) is 18.2. The van der Waals surface area contributed by atoms with Gasteiger partial charge >= 0.3 is 6.16 Å². The second-order valence-electron chi connectivity index (χ2n) is 8.55. The number of hydrogen-bond acceptors (Lipinski definition) is 4. The molecule has 1 aliphatic carbocycles. The molecule has 2 fully saturated rings. The molecule has 168 valence electrons. The molecule has 1 heterocycles. The predicted octanol–water partition coefficient (Wildman–Crippen LogP) is 4.81. The molecule has 0 radical (unpaired) electrons. The third-order valence-electron chi connectivity index (χ3n) is 6.44. The highest BCUT2D eigenvalue weighted by atomic mass is 16.7. The molecule has 2 aromatic rings. The van der Waals surface area contributed by atoms with Crippen LogP contribution in [0.1, 0.15) is 60.4 Å². The molecule has 1 N–H and O–H groups in total. The van der Waals surface area contributed by atoms with Gasteiger partial charge in [0.2, 0.25) is 5.91 Å². The molecule has 4 rings (SSSR count). The predicted molar refractivity (Wildman–Crippen MR) is 121 cm³/mol. The number of amides is 2. The van der Waals surface area contributed by atoms with E-state index in [4.69, 9.17) is 9.84 Å². The van der Waals surface area contributed by atoms with Crippen molar-refractivity contribution >= 4 is 29.3 Å². The van der Waals surface area contributed by atoms with Crippen LogP contribution in [0.4, 0.5) is 16.2 Å². The van der Waals surface area contributed by atoms with Gasteiger partial charge in [0.05, 0.1) is 13.0 Å². The van der Waals surface area contributed by atoms with Crippen LogP contribution in [0.15, 0.2) is 48.5 Å². The minimum Gasteiger partial charge on any atom is -0.450 e. The van der Waals surface area contributed by atoms with Crippen LogP contribution in [0.2, 0.25) is 0 Å². The van der Waals surface area contributed by atoms with Crippen LogP contribution in [-0.2, 0) is 9.53 Å². The SMILES string of the molecule is CN(C(=O)c1ccc(C2CCCCC2)cc1)c1ccc(N2CC(OC(=O)O)CC2=O)cc1. The maximum absolute atomic E-state index is 13.0. The number of hydrogen-bond donors (Lipinski definition) is 1. The molecule has 0 aromatic heterocycles. The number of carbonyl (C=O) groups excluding carboxylic acids is 2. The van der Waals surface area contributed by atoms with E-state index < -0.39 is 12.3 Å². The van der Waals surface area contributed by atoms with E-state index in [9.17, 15) is 14.4 Å². The summed E-state index contributed by atoms with van der Waals surface area (Å²) in [5.74, 6) is 0.318. The molecule has 1 unspecified atom stereocenters. The molecule has 1 atom stereocenters. The number of carbonyl (C=O) groups is 3. The Morgan fingerprint density at radius 2 is 1.66 bits per heavy atom. The van der Waals surface area contributed by atoms with Crippen LogP contribution in [0, 0.1) is 0 Å². The van der Waals surface area contributed by atoms with Crippen molar-refractivity contribution in [2.75, 3.05) is 23.4 Å². The van der Waals surface area contributed by atoms with Gasteiger partial charge in [-0.1, -0.05) is 31.4 Å². The van der Waals surface area contributed by atoms with Crippen LogP contribution in [-0.4, -0.2) is 42.8 Å². The summed E-state index contributed by atoms with van der Waals surface area (Å²) in [6.07, 6.45) is 4.31. The molecular formula is C25H28N2O5. The number of benzene rings is 2. The number of ether oxygens (including phenoxy) is 1. The highest BCUT2D eigenvalue weighted by Crippen LogP contribution is 2.33. The Bertz CT molecular complexity index is 980. The normalized spacial score (nSPS) is 19.1. The lowest BCUT2D eigenvalue weighted by Gasteiger charge is -2.23. The fourth-order valence-electron chi connectivity index (χ4n) is 4.65. The van der Waals surface area contributed by atoms with Crippen molar-refractivity contribution in [2.24, 2.45) is 0 Å². The van der Waals surface area contributed by atoms with Crippen LogP contribution in [0.3, 0.4) is 0 Å². The Hall–Kier alpha value is -3.35. The molecule has 0 bridgehead atoms. The Kier molecular flexibility index (Phi) is 6.44.